The number of carbonyl (C=O) groups is 1. The van der Waals surface area contributed by atoms with Crippen LogP contribution in [0.25, 0.3) is 0 Å². The van der Waals surface area contributed by atoms with Gasteiger partial charge in [0.05, 0.1) is 12.0 Å². The summed E-state index contributed by atoms with van der Waals surface area (Å²) in [5, 5.41) is 3.00. The van der Waals surface area contributed by atoms with E-state index in [1.165, 1.54) is 16.6 Å². The minimum Gasteiger partial charge on any atom is -0.491 e. The maximum absolute atomic E-state index is 13.1. The summed E-state index contributed by atoms with van der Waals surface area (Å²) in [5.74, 6) is 0.420. The summed E-state index contributed by atoms with van der Waals surface area (Å²) < 4.78 is 33.4. The van der Waals surface area contributed by atoms with Gasteiger partial charge >= 0.3 is 0 Å². The molecule has 0 spiro atoms. The van der Waals surface area contributed by atoms with Crippen LogP contribution in [-0.2, 0) is 14.8 Å². The maximum atomic E-state index is 13.1. The van der Waals surface area contributed by atoms with Crippen LogP contribution in [0.1, 0.15) is 33.1 Å². The molecule has 1 saturated carbocycles. The van der Waals surface area contributed by atoms with Crippen molar-refractivity contribution in [2.24, 2.45) is 11.8 Å². The molecule has 1 aromatic heterocycles. The summed E-state index contributed by atoms with van der Waals surface area (Å²) >= 11 is 0. The number of hydrogen-bond donors (Lipinski definition) is 1. The average Bonchev–Trinajstić information content (AvgIpc) is 2.75. The Hall–Kier alpha value is -2.45. The predicted molar refractivity (Wildman–Crippen MR) is 114 cm³/mol. The summed E-state index contributed by atoms with van der Waals surface area (Å²) in [5.41, 5.74) is 0.677. The van der Waals surface area contributed by atoms with Gasteiger partial charge in [-0.05, 0) is 75.4 Å². The minimum atomic E-state index is -3.72. The smallest absolute Gasteiger partial charge is 0.260 e. The van der Waals surface area contributed by atoms with Gasteiger partial charge in [-0.2, -0.15) is 4.31 Å². The molecule has 0 unspecified atom stereocenters. The molecule has 30 heavy (non-hydrogen) atoms. The summed E-state index contributed by atoms with van der Waals surface area (Å²) in [7, 11) is -3.72. The van der Waals surface area contributed by atoms with Crippen LogP contribution in [0.15, 0.2) is 53.7 Å². The number of pyridine rings is 1. The first-order valence-corrected chi connectivity index (χ1v) is 11.8. The largest absolute Gasteiger partial charge is 0.491 e. The first kappa shape index (κ1) is 20.8. The third-order valence-electron chi connectivity index (χ3n) is 5.77. The molecule has 0 radical (unpaired) electrons. The highest BCUT2D eigenvalue weighted by Gasteiger charge is 2.48. The zero-order valence-electron chi connectivity index (χ0n) is 17.2. The number of fused-ring (bicyclic) bond motifs is 3. The molecule has 1 aliphatic carbocycles. The fraction of sp³-hybridized carbons (Fsp3) is 0.455. The van der Waals surface area contributed by atoms with Gasteiger partial charge < -0.3 is 10.1 Å². The monoisotopic (exact) mass is 429 g/mol. The van der Waals surface area contributed by atoms with Gasteiger partial charge in [-0.25, -0.2) is 13.4 Å². The fourth-order valence-electron chi connectivity index (χ4n) is 4.44. The number of ether oxygens (including phenoxy) is 1. The van der Waals surface area contributed by atoms with Crippen LogP contribution in [0.5, 0.6) is 5.75 Å². The van der Waals surface area contributed by atoms with Crippen molar-refractivity contribution in [2.45, 2.75) is 50.3 Å². The lowest BCUT2D eigenvalue weighted by Crippen LogP contribution is -2.57. The topological polar surface area (TPSA) is 88.6 Å². The quantitative estimate of drug-likeness (QED) is 0.761. The van der Waals surface area contributed by atoms with Crippen molar-refractivity contribution in [3.8, 4) is 5.75 Å². The number of benzene rings is 1. The number of nitrogens with zero attached hydrogens (tertiary/aromatic N) is 2. The second kappa shape index (κ2) is 8.35. The van der Waals surface area contributed by atoms with Crippen molar-refractivity contribution in [3.05, 3.63) is 48.7 Å². The van der Waals surface area contributed by atoms with Gasteiger partial charge in [0, 0.05) is 24.5 Å². The summed E-state index contributed by atoms with van der Waals surface area (Å²) in [6.07, 6.45) is 3.90. The Morgan fingerprint density at radius 2 is 1.93 bits per heavy atom. The summed E-state index contributed by atoms with van der Waals surface area (Å²) in [6, 6.07) is 11.8. The van der Waals surface area contributed by atoms with E-state index in [1.54, 1.807) is 24.3 Å². The lowest BCUT2D eigenvalue weighted by molar-refractivity contribution is -0.125. The lowest BCUT2D eigenvalue weighted by Gasteiger charge is -2.48. The highest BCUT2D eigenvalue weighted by atomic mass is 32.2. The van der Waals surface area contributed by atoms with Gasteiger partial charge in [-0.3, -0.25) is 4.79 Å². The molecular weight excluding hydrogens is 402 g/mol. The van der Waals surface area contributed by atoms with E-state index in [9.17, 15) is 13.2 Å². The SMILES string of the molecule is CC(C)Oc1ccc(NC(=O)[C@@H]2C[C@@H]3CC[C@H]2N(S(=O)(=O)c2ccccn2)C3)cc1. The molecule has 8 heteroatoms. The molecule has 2 aromatic rings. The molecule has 3 aliphatic rings. The number of hydrogen-bond acceptors (Lipinski definition) is 5. The lowest BCUT2D eigenvalue weighted by atomic mass is 9.73. The Bertz CT molecular complexity index is 993. The zero-order chi connectivity index (χ0) is 21.3. The van der Waals surface area contributed by atoms with Crippen molar-refractivity contribution in [3.63, 3.8) is 0 Å². The number of piperidine rings is 2. The number of aromatic nitrogens is 1. The molecule has 7 nitrogen and oxygen atoms in total. The van der Waals surface area contributed by atoms with Gasteiger partial charge in [0.2, 0.25) is 5.91 Å². The Kier molecular flexibility index (Phi) is 5.79. The van der Waals surface area contributed by atoms with E-state index in [-0.39, 0.29) is 34.9 Å². The molecule has 3 fully saturated rings. The predicted octanol–water partition coefficient (Wildman–Crippen LogP) is 3.30. The van der Waals surface area contributed by atoms with Crippen LogP contribution < -0.4 is 10.1 Å². The van der Waals surface area contributed by atoms with Crippen LogP contribution in [0.4, 0.5) is 5.69 Å². The minimum absolute atomic E-state index is 0.0393. The van der Waals surface area contributed by atoms with Crippen LogP contribution in [0, 0.1) is 11.8 Å². The van der Waals surface area contributed by atoms with Crippen LogP contribution in [0.3, 0.4) is 0 Å². The molecule has 2 aliphatic heterocycles. The van der Waals surface area contributed by atoms with E-state index in [1.807, 2.05) is 26.0 Å². The fourth-order valence-corrected chi connectivity index (χ4v) is 6.14. The number of carbonyl (C=O) groups excluding carboxylic acids is 1. The van der Waals surface area contributed by atoms with E-state index in [2.05, 4.69) is 10.3 Å². The normalized spacial score (nSPS) is 24.0. The van der Waals surface area contributed by atoms with Crippen molar-refractivity contribution in [1.82, 2.24) is 9.29 Å². The van der Waals surface area contributed by atoms with Gasteiger partial charge in [-0.15, -0.1) is 0 Å². The van der Waals surface area contributed by atoms with Crippen LogP contribution in [-0.4, -0.2) is 42.3 Å². The number of amides is 1. The first-order valence-electron chi connectivity index (χ1n) is 10.3. The van der Waals surface area contributed by atoms with Gasteiger partial charge in [0.15, 0.2) is 5.03 Å². The second-order valence-electron chi connectivity index (χ2n) is 8.28. The number of nitrogens with one attached hydrogen (secondary N) is 1. The Balaban J connectivity index is 1.50. The Morgan fingerprint density at radius 1 is 1.17 bits per heavy atom. The van der Waals surface area contributed by atoms with E-state index < -0.39 is 10.0 Å². The van der Waals surface area contributed by atoms with E-state index >= 15 is 0 Å². The molecule has 1 aromatic carbocycles. The highest BCUT2D eigenvalue weighted by Crippen LogP contribution is 2.42. The van der Waals surface area contributed by atoms with Crippen molar-refractivity contribution in [1.29, 1.82) is 0 Å². The third-order valence-corrected chi connectivity index (χ3v) is 7.58. The van der Waals surface area contributed by atoms with E-state index in [0.29, 0.717) is 25.1 Å². The van der Waals surface area contributed by atoms with Gasteiger partial charge in [0.25, 0.3) is 10.0 Å². The number of sulfonamides is 1. The molecule has 5 rings (SSSR count). The maximum Gasteiger partial charge on any atom is 0.260 e. The number of rotatable bonds is 6. The molecule has 2 bridgehead atoms. The number of anilines is 1. The summed E-state index contributed by atoms with van der Waals surface area (Å²) in [4.78, 5) is 17.1. The molecule has 1 N–H and O–H groups in total. The van der Waals surface area contributed by atoms with Gasteiger partial charge in [-0.1, -0.05) is 6.07 Å². The molecule has 160 valence electrons. The van der Waals surface area contributed by atoms with E-state index in [4.69, 9.17) is 4.74 Å². The third kappa shape index (κ3) is 4.20. The first-order chi connectivity index (χ1) is 14.3. The van der Waals surface area contributed by atoms with Crippen molar-refractivity contribution < 1.29 is 17.9 Å². The summed E-state index contributed by atoms with van der Waals surface area (Å²) in [6.45, 7) is 4.37. The second-order valence-corrected chi connectivity index (χ2v) is 10.1. The van der Waals surface area contributed by atoms with Crippen LogP contribution >= 0.6 is 0 Å². The standard InChI is InChI=1S/C22H27N3O4S/c1-15(2)29-18-9-7-17(8-10-18)24-22(26)19-13-16-6-11-20(19)25(14-16)30(27,28)21-5-3-4-12-23-21/h3-5,7-10,12,15-16,19-20H,6,11,13-14H2,1-2H3,(H,24,26)/t16-,19+,20+/m0/s1. The van der Waals surface area contributed by atoms with Crippen LogP contribution in [0.2, 0.25) is 0 Å². The Labute approximate surface area is 177 Å². The molecule has 3 atom stereocenters. The van der Waals surface area contributed by atoms with Gasteiger partial charge in [0.1, 0.15) is 5.75 Å². The van der Waals surface area contributed by atoms with Crippen molar-refractivity contribution >= 4 is 21.6 Å². The average molecular weight is 430 g/mol. The zero-order valence-corrected chi connectivity index (χ0v) is 18.0. The molecule has 3 heterocycles. The van der Waals surface area contributed by atoms with E-state index in [0.717, 1.165) is 12.2 Å². The molecular formula is C22H27N3O4S. The molecule has 1 amide bonds. The molecule has 2 saturated heterocycles. The van der Waals surface area contributed by atoms with Crippen molar-refractivity contribution in [2.75, 3.05) is 11.9 Å². The Morgan fingerprint density at radius 3 is 2.57 bits per heavy atom. The highest BCUT2D eigenvalue weighted by molar-refractivity contribution is 7.89.